The maximum absolute atomic E-state index is 12.8. The van der Waals surface area contributed by atoms with Gasteiger partial charge >= 0.3 is 0 Å². The Hall–Kier alpha value is -1.44. The molecule has 0 amide bonds. The summed E-state index contributed by atoms with van der Waals surface area (Å²) in [5.41, 5.74) is 2.05. The van der Waals surface area contributed by atoms with Crippen molar-refractivity contribution in [1.29, 1.82) is 0 Å². The van der Waals surface area contributed by atoms with E-state index in [-0.39, 0.29) is 6.10 Å². The van der Waals surface area contributed by atoms with Gasteiger partial charge in [-0.15, -0.1) is 0 Å². The number of nitrogens with zero attached hydrogens (tertiary/aromatic N) is 2. The third-order valence-electron chi connectivity index (χ3n) is 4.23. The summed E-state index contributed by atoms with van der Waals surface area (Å²) in [5, 5.41) is 0. The first-order chi connectivity index (χ1) is 11.4. The van der Waals surface area contributed by atoms with Crippen LogP contribution in [0.15, 0.2) is 45.9 Å². The van der Waals surface area contributed by atoms with Gasteiger partial charge < -0.3 is 4.74 Å². The summed E-state index contributed by atoms with van der Waals surface area (Å²) in [4.78, 5) is 4.51. The second kappa shape index (κ2) is 6.82. The van der Waals surface area contributed by atoms with E-state index in [1.165, 1.54) is 4.31 Å². The number of hydrogen-bond donors (Lipinski definition) is 0. The van der Waals surface area contributed by atoms with Gasteiger partial charge in [-0.2, -0.15) is 4.31 Å². The van der Waals surface area contributed by atoms with Crippen LogP contribution in [-0.2, 0) is 10.0 Å². The van der Waals surface area contributed by atoms with Crippen molar-refractivity contribution in [3.8, 4) is 5.88 Å². The maximum atomic E-state index is 12.8. The van der Waals surface area contributed by atoms with Crippen molar-refractivity contribution in [1.82, 2.24) is 9.29 Å². The molecule has 1 aromatic heterocycles. The lowest BCUT2D eigenvalue weighted by atomic mass is 10.1. The van der Waals surface area contributed by atoms with Crippen molar-refractivity contribution in [3.05, 3.63) is 52.1 Å². The molecule has 1 aliphatic rings. The number of rotatable bonds is 4. The minimum Gasteiger partial charge on any atom is -0.472 e. The lowest BCUT2D eigenvalue weighted by molar-refractivity contribution is 0.205. The summed E-state index contributed by atoms with van der Waals surface area (Å²) in [5.74, 6) is 0.493. The monoisotopic (exact) mass is 410 g/mol. The molecule has 1 fully saturated rings. The SMILES string of the molecule is Cc1ccc(S(=O)(=O)N2CC[C@@H](Oc3ncccc3Br)C2)cc1C. The highest BCUT2D eigenvalue weighted by atomic mass is 79.9. The topological polar surface area (TPSA) is 59.5 Å². The fourth-order valence-electron chi connectivity index (χ4n) is 2.65. The van der Waals surface area contributed by atoms with Crippen molar-refractivity contribution in [3.63, 3.8) is 0 Å². The van der Waals surface area contributed by atoms with Gasteiger partial charge in [0, 0.05) is 12.7 Å². The predicted molar refractivity (Wildman–Crippen MR) is 95.6 cm³/mol. The molecule has 0 spiro atoms. The summed E-state index contributed by atoms with van der Waals surface area (Å²) in [6, 6.07) is 8.90. The zero-order chi connectivity index (χ0) is 17.3. The standard InChI is InChI=1S/C17H19BrN2O3S/c1-12-5-6-15(10-13(12)2)24(21,22)20-9-7-14(11-20)23-17-16(18)4-3-8-19-17/h3-6,8,10,14H,7,9,11H2,1-2H3/t14-/m1/s1. The van der Waals surface area contributed by atoms with E-state index in [1.54, 1.807) is 18.3 Å². The first-order valence-electron chi connectivity index (χ1n) is 7.72. The predicted octanol–water partition coefficient (Wildman–Crippen LogP) is 3.30. The number of aryl methyl sites for hydroxylation is 2. The Bertz CT molecular complexity index is 855. The zero-order valence-corrected chi connectivity index (χ0v) is 16.0. The quantitative estimate of drug-likeness (QED) is 0.775. The Morgan fingerprint density at radius 1 is 1.25 bits per heavy atom. The van der Waals surface area contributed by atoms with E-state index in [0.29, 0.717) is 30.3 Å². The van der Waals surface area contributed by atoms with Gasteiger partial charge in [-0.25, -0.2) is 13.4 Å². The summed E-state index contributed by atoms with van der Waals surface area (Å²) in [7, 11) is -3.49. The van der Waals surface area contributed by atoms with Crippen molar-refractivity contribution in [2.75, 3.05) is 13.1 Å². The molecule has 7 heteroatoms. The fraction of sp³-hybridized carbons (Fsp3) is 0.353. The average Bonchev–Trinajstić information content (AvgIpc) is 3.01. The second-order valence-electron chi connectivity index (χ2n) is 5.93. The van der Waals surface area contributed by atoms with Crippen LogP contribution in [0.2, 0.25) is 0 Å². The third-order valence-corrected chi connectivity index (χ3v) is 6.69. The highest BCUT2D eigenvalue weighted by molar-refractivity contribution is 9.10. The summed E-state index contributed by atoms with van der Waals surface area (Å²) in [6.45, 7) is 4.67. The highest BCUT2D eigenvalue weighted by Crippen LogP contribution is 2.27. The van der Waals surface area contributed by atoms with Gasteiger partial charge in [-0.05, 0) is 71.6 Å². The lowest BCUT2D eigenvalue weighted by Gasteiger charge is -2.18. The molecule has 0 radical (unpaired) electrons. The molecule has 1 aromatic carbocycles. The summed E-state index contributed by atoms with van der Waals surface area (Å²) in [6.07, 6.45) is 2.10. The van der Waals surface area contributed by atoms with Crippen LogP contribution in [0.1, 0.15) is 17.5 Å². The lowest BCUT2D eigenvalue weighted by Crippen LogP contribution is -2.31. The number of aromatic nitrogens is 1. The number of pyridine rings is 1. The maximum Gasteiger partial charge on any atom is 0.243 e. The van der Waals surface area contributed by atoms with Crippen LogP contribution < -0.4 is 4.74 Å². The van der Waals surface area contributed by atoms with Crippen molar-refractivity contribution >= 4 is 26.0 Å². The van der Waals surface area contributed by atoms with Crippen molar-refractivity contribution < 1.29 is 13.2 Å². The smallest absolute Gasteiger partial charge is 0.243 e. The van der Waals surface area contributed by atoms with Crippen LogP contribution >= 0.6 is 15.9 Å². The Morgan fingerprint density at radius 3 is 2.75 bits per heavy atom. The van der Waals surface area contributed by atoms with E-state index in [9.17, 15) is 8.42 Å². The number of ether oxygens (including phenoxy) is 1. The van der Waals surface area contributed by atoms with Gasteiger partial charge in [0.2, 0.25) is 15.9 Å². The van der Waals surface area contributed by atoms with E-state index < -0.39 is 10.0 Å². The summed E-state index contributed by atoms with van der Waals surface area (Å²) < 4.78 is 33.7. The van der Waals surface area contributed by atoms with Crippen molar-refractivity contribution in [2.24, 2.45) is 0 Å². The Balaban J connectivity index is 1.74. The van der Waals surface area contributed by atoms with Gasteiger partial charge in [-0.3, -0.25) is 0 Å². The largest absolute Gasteiger partial charge is 0.472 e. The van der Waals surface area contributed by atoms with Crippen molar-refractivity contribution in [2.45, 2.75) is 31.3 Å². The third kappa shape index (κ3) is 3.48. The first kappa shape index (κ1) is 17.4. The van der Waals surface area contributed by atoms with Crippen LogP contribution in [0, 0.1) is 13.8 Å². The first-order valence-corrected chi connectivity index (χ1v) is 9.96. The van der Waals surface area contributed by atoms with Gasteiger partial charge in [0.15, 0.2) is 0 Å². The van der Waals surface area contributed by atoms with Crippen LogP contribution in [0.5, 0.6) is 5.88 Å². The minimum atomic E-state index is -3.49. The van der Waals surface area contributed by atoms with Crippen LogP contribution in [-0.4, -0.2) is 36.9 Å². The molecule has 1 atom stereocenters. The van der Waals surface area contributed by atoms with Gasteiger partial charge in [0.25, 0.3) is 0 Å². The number of benzene rings is 1. The Morgan fingerprint density at radius 2 is 2.04 bits per heavy atom. The van der Waals surface area contributed by atoms with Crippen LogP contribution in [0.25, 0.3) is 0 Å². The van der Waals surface area contributed by atoms with E-state index in [0.717, 1.165) is 15.6 Å². The molecule has 24 heavy (non-hydrogen) atoms. The molecular weight excluding hydrogens is 392 g/mol. The molecule has 0 N–H and O–H groups in total. The van der Waals surface area contributed by atoms with Crippen LogP contribution in [0.3, 0.4) is 0 Å². The fourth-order valence-corrected chi connectivity index (χ4v) is 4.57. The summed E-state index contributed by atoms with van der Waals surface area (Å²) >= 11 is 3.39. The van der Waals surface area contributed by atoms with E-state index in [1.807, 2.05) is 32.0 Å². The molecule has 0 aliphatic carbocycles. The molecule has 1 saturated heterocycles. The number of hydrogen-bond acceptors (Lipinski definition) is 4. The molecule has 5 nitrogen and oxygen atoms in total. The molecule has 3 rings (SSSR count). The average molecular weight is 411 g/mol. The van der Waals surface area contributed by atoms with E-state index >= 15 is 0 Å². The number of halogens is 1. The molecular formula is C17H19BrN2O3S. The molecule has 2 aromatic rings. The highest BCUT2D eigenvalue weighted by Gasteiger charge is 2.34. The minimum absolute atomic E-state index is 0.197. The molecule has 0 saturated carbocycles. The van der Waals surface area contributed by atoms with Crippen LogP contribution in [0.4, 0.5) is 0 Å². The Labute approximate surface area is 150 Å². The molecule has 2 heterocycles. The second-order valence-corrected chi connectivity index (χ2v) is 8.72. The van der Waals surface area contributed by atoms with Gasteiger partial charge in [-0.1, -0.05) is 6.07 Å². The number of sulfonamides is 1. The molecule has 0 bridgehead atoms. The Kier molecular flexibility index (Phi) is 4.94. The van der Waals surface area contributed by atoms with E-state index in [2.05, 4.69) is 20.9 Å². The zero-order valence-electron chi connectivity index (χ0n) is 13.6. The molecule has 128 valence electrons. The van der Waals surface area contributed by atoms with E-state index in [4.69, 9.17) is 4.74 Å². The van der Waals surface area contributed by atoms with Gasteiger partial charge in [0.1, 0.15) is 6.10 Å². The van der Waals surface area contributed by atoms with Gasteiger partial charge in [0.05, 0.1) is 15.9 Å². The molecule has 0 unspecified atom stereocenters. The normalized spacial score (nSPS) is 18.7. The molecule has 1 aliphatic heterocycles.